The van der Waals surface area contributed by atoms with Gasteiger partial charge in [-0.05, 0) is 109 Å². The molecule has 21 N–H and O–H groups in total. The molecule has 0 radical (unpaired) electrons. The number of hydrogen-bond donors (Lipinski definition) is 14. The number of hydrogen-bond acceptors (Lipinski definition) is 37. The molecule has 12 rings (SSSR count). The molecule has 0 saturated heterocycles. The number of benzene rings is 4. The molecule has 4 unspecified atom stereocenters. The van der Waals surface area contributed by atoms with E-state index in [-0.39, 0.29) is 154 Å². The number of methoxy groups -OCH3 is 3. The zero-order chi connectivity index (χ0) is 97.4. The molecular formula is C90H89N26NaO18. The summed E-state index contributed by atoms with van der Waals surface area (Å²) in [6, 6.07) is 22.8. The largest absolute Gasteiger partial charge is 1.00 e. The number of ether oxygens (including phenoxy) is 3. The second-order valence-electron chi connectivity index (χ2n) is 29.4. The molecule has 0 aliphatic rings. The first kappa shape index (κ1) is 103. The fourth-order valence-corrected chi connectivity index (χ4v) is 13.4. The summed E-state index contributed by atoms with van der Waals surface area (Å²) in [6.07, 6.45) is 30.9. The Balaban J connectivity index is 0.000000222. The molecule has 3 amide bonds. The number of nitrogens with zero attached hydrogens (tertiary/aromatic N) is 15. The molecule has 0 bridgehead atoms. The number of carbonyl (C=O) groups is 10. The summed E-state index contributed by atoms with van der Waals surface area (Å²) in [5.41, 5.74) is 48.4. The first-order valence-electron chi connectivity index (χ1n) is 40.4. The van der Waals surface area contributed by atoms with Crippen LogP contribution < -0.4 is 96.3 Å². The van der Waals surface area contributed by atoms with Crippen molar-refractivity contribution < 1.29 is 112 Å². The first-order valence-corrected chi connectivity index (χ1v) is 40.4. The van der Waals surface area contributed by atoms with Gasteiger partial charge in [-0.1, -0.05) is 60.7 Å². The molecule has 0 spiro atoms. The van der Waals surface area contributed by atoms with E-state index in [2.05, 4.69) is 129 Å². The van der Waals surface area contributed by atoms with Crippen molar-refractivity contribution in [2.75, 3.05) is 61.5 Å². The number of amides is 3. The molecule has 0 aliphatic heterocycles. The van der Waals surface area contributed by atoms with Crippen LogP contribution in [0.1, 0.15) is 174 Å². The van der Waals surface area contributed by atoms with E-state index in [9.17, 15) is 68.1 Å². The number of fused-ring (bicyclic) bond motifs is 4. The van der Waals surface area contributed by atoms with Gasteiger partial charge in [0.05, 0.1) is 74.9 Å². The van der Waals surface area contributed by atoms with Crippen molar-refractivity contribution in [2.45, 2.75) is 132 Å². The van der Waals surface area contributed by atoms with Gasteiger partial charge in [-0.2, -0.15) is 34.9 Å². The standard InChI is InChI=1S/C25H27N7O5.C24H25N7O5.C23H22N6O6.C18H16N6O2.Na/c1-4-5-16(12-17-13-28-22-20(29-17)21(26)31-25(27)32-22)14-6-8-15(9-7-14)23(34)30-18(24(35)37-3)10-11-19(33)36-2;1-3-4-15(11-16-12-27-21-19(28-16)20(25)30-24(26)31-21)13-5-7-14(8-6-13)22(33)29-17(23(34)35)9-10-18(32)36-2;1-2-3-14(10-15-11-25-19-18(26-15)21(33)29-23(24)28-19)12-4-6-13(7-5-12)20(32)27-16(22(34)35)8-9-17(30)31;1-2-3-12(10-4-6-11(7-5-10)17(25)26)8-13-9-21-16-14(22-13)15(19)23-18(20)24-16;/h1,6-9,13,16,18H,5,10-12H2,2-3H3,(H,30,34)(H4,26,27,28,31,32);1,5-8,12,15,17H,4,9-11H2,2H3,(H,29,33)(H,34,35)(H4,25,26,27,30,31);1,4-7,11,14,16H,3,8-10H2,(H,27,32)(H,30,31)(H,34,35)(H3,24,25,28,29,33);1,4-7,9,12H,3,8H2,(H,25,26)(H4,19,20,21,23,24);/q;;;;+1/p-1/t16?,18-;15?,17-;14?,16-;;/m000../s1. The van der Waals surface area contributed by atoms with Crippen LogP contribution >= 0.6 is 0 Å². The van der Waals surface area contributed by atoms with Crippen LogP contribution in [0.5, 0.6) is 0 Å². The van der Waals surface area contributed by atoms with Crippen LogP contribution in [-0.2, 0) is 68.7 Å². The number of carboxylic acids is 4. The number of anilines is 7. The molecule has 45 heteroatoms. The van der Waals surface area contributed by atoms with Gasteiger partial charge in [0, 0.05) is 85.3 Å². The predicted octanol–water partition coefficient (Wildman–Crippen LogP) is 0.222. The minimum atomic E-state index is -1.33. The SMILES string of the molecule is C#CCC(Cc1cnc2nc(N)[nH]c(=O)c2n1)c1ccc(C(=O)N[C@@H](CCC(=O)O)C(=O)O)cc1.C#CCC(Cc1cnc2nc(N)nc(N)c2n1)c1ccc(C(=O)N[C@@H](CCC(=O)OC)C(=O)O)cc1.C#CCC(Cc1cnc2nc(N)nc(N)c2n1)c1ccc(C(=O)N[C@@H](CCC(=O)OC)C(=O)OC)cc1.C#CCC(Cc1cnc2nc(N)nc(N)c2n1)c1ccc(C(=O)[O-])cc1.[Na+]. The van der Waals surface area contributed by atoms with Crippen LogP contribution in [0.2, 0.25) is 0 Å². The maximum Gasteiger partial charge on any atom is 1.00 e. The summed E-state index contributed by atoms with van der Waals surface area (Å²) in [4.78, 5) is 194. The van der Waals surface area contributed by atoms with E-state index in [4.69, 9.17) is 75.7 Å². The summed E-state index contributed by atoms with van der Waals surface area (Å²) in [7, 11) is 3.66. The van der Waals surface area contributed by atoms with E-state index >= 15 is 0 Å². The molecule has 44 nitrogen and oxygen atoms in total. The maximum absolute atomic E-state index is 12.7. The van der Waals surface area contributed by atoms with Gasteiger partial charge in [0.1, 0.15) is 18.1 Å². The average Bonchev–Trinajstić information content (AvgIpc) is 0.813. The third-order valence-corrected chi connectivity index (χ3v) is 20.2. The van der Waals surface area contributed by atoms with Gasteiger partial charge in [0.25, 0.3) is 23.3 Å². The molecule has 8 aromatic heterocycles. The number of carbonyl (C=O) groups excluding carboxylic acids is 7. The number of aromatic amines is 1. The number of aliphatic carboxylic acids is 3. The normalized spacial score (nSPS) is 12.1. The van der Waals surface area contributed by atoms with Crippen LogP contribution in [0, 0.1) is 49.4 Å². The van der Waals surface area contributed by atoms with E-state index in [1.54, 1.807) is 91.4 Å². The van der Waals surface area contributed by atoms with E-state index in [1.807, 2.05) is 0 Å². The van der Waals surface area contributed by atoms with Crippen molar-refractivity contribution in [3.8, 4) is 49.4 Å². The van der Waals surface area contributed by atoms with Crippen LogP contribution in [0.15, 0.2) is 127 Å². The van der Waals surface area contributed by atoms with Crippen LogP contribution in [-0.4, -0.2) is 194 Å². The van der Waals surface area contributed by atoms with Gasteiger partial charge >= 0.3 is 65.4 Å². The number of nitrogens with two attached hydrogens (primary N) is 7. The molecule has 0 saturated carbocycles. The van der Waals surface area contributed by atoms with Gasteiger partial charge in [0.2, 0.25) is 23.8 Å². The van der Waals surface area contributed by atoms with Gasteiger partial charge in [-0.15, -0.1) is 49.4 Å². The average molecular weight is 1850 g/mol. The summed E-state index contributed by atoms with van der Waals surface area (Å²) < 4.78 is 13.8. The van der Waals surface area contributed by atoms with Crippen molar-refractivity contribution in [3.05, 3.63) is 199 Å². The van der Waals surface area contributed by atoms with E-state index in [1.165, 1.54) is 51.8 Å². The van der Waals surface area contributed by atoms with E-state index < -0.39 is 89.6 Å². The van der Waals surface area contributed by atoms with Gasteiger partial charge in [-0.25, -0.2) is 54.3 Å². The molecule has 688 valence electrons. The second-order valence-corrected chi connectivity index (χ2v) is 29.4. The van der Waals surface area contributed by atoms with Crippen molar-refractivity contribution in [1.82, 2.24) is 95.7 Å². The summed E-state index contributed by atoms with van der Waals surface area (Å²) in [5.74, 6) is 2.10. The number of terminal acetylenes is 4. The Morgan fingerprint density at radius 3 is 0.956 bits per heavy atom. The number of carboxylic acid groups (broad SMARTS) is 4. The maximum atomic E-state index is 12.7. The Kier molecular flexibility index (Phi) is 38.0. The molecule has 4 aromatic carbocycles. The number of aromatic nitrogens is 16. The fraction of sp³-hybridized carbons (Fsp3) is 0.267. The third-order valence-electron chi connectivity index (χ3n) is 20.2. The van der Waals surface area contributed by atoms with E-state index in [0.717, 1.165) is 22.3 Å². The van der Waals surface area contributed by atoms with Gasteiger partial charge in [-0.3, -0.25) is 38.5 Å². The zero-order valence-corrected chi connectivity index (χ0v) is 75.0. The van der Waals surface area contributed by atoms with Crippen molar-refractivity contribution in [1.29, 1.82) is 0 Å². The fourth-order valence-electron chi connectivity index (χ4n) is 13.4. The summed E-state index contributed by atoms with van der Waals surface area (Å²) in [5, 5.41) is 45.6. The number of esters is 3. The Bertz CT molecular complexity index is 6610. The third kappa shape index (κ3) is 29.7. The van der Waals surface area contributed by atoms with Crippen LogP contribution in [0.4, 0.5) is 41.2 Å². The molecular weight excluding hydrogens is 1760 g/mol. The first-order chi connectivity index (χ1) is 64.1. The van der Waals surface area contributed by atoms with Gasteiger partial charge in [0.15, 0.2) is 62.1 Å². The van der Waals surface area contributed by atoms with Crippen LogP contribution in [0.25, 0.3) is 44.7 Å². The Morgan fingerprint density at radius 1 is 0.393 bits per heavy atom. The van der Waals surface area contributed by atoms with E-state index in [0.29, 0.717) is 113 Å². The minimum Gasteiger partial charge on any atom is -0.545 e. The molecule has 0 fully saturated rings. The number of H-pyrrole nitrogens is 1. The number of nitrogen functional groups attached to an aromatic ring is 7. The topological polar surface area (TPSA) is 727 Å². The molecule has 135 heavy (non-hydrogen) atoms. The van der Waals surface area contributed by atoms with Crippen molar-refractivity contribution in [3.63, 3.8) is 0 Å². The Hall–Kier alpha value is -17.1. The summed E-state index contributed by atoms with van der Waals surface area (Å²) in [6.45, 7) is 0. The Labute approximate surface area is 790 Å². The number of aromatic carboxylic acids is 1. The smallest absolute Gasteiger partial charge is 0.545 e. The monoisotopic (exact) mass is 1840 g/mol. The minimum absolute atomic E-state index is 0. The summed E-state index contributed by atoms with van der Waals surface area (Å²) >= 11 is 0. The van der Waals surface area contributed by atoms with Crippen molar-refractivity contribution in [2.24, 2.45) is 0 Å². The predicted molar refractivity (Wildman–Crippen MR) is 484 cm³/mol. The molecule has 0 aliphatic carbocycles. The number of rotatable bonds is 35. The quantitative estimate of drug-likeness (QED) is 0.0109. The van der Waals surface area contributed by atoms with Gasteiger partial charge < -0.3 is 95.5 Å². The van der Waals surface area contributed by atoms with Crippen LogP contribution in [0.3, 0.4) is 0 Å². The number of nitrogens with one attached hydrogen (secondary N) is 4. The Morgan fingerprint density at radius 2 is 0.674 bits per heavy atom. The zero-order valence-electron chi connectivity index (χ0n) is 73.0. The molecule has 12 aromatic rings. The van der Waals surface area contributed by atoms with Crippen molar-refractivity contribution >= 4 is 145 Å². The molecule has 7 atom stereocenters. The second kappa shape index (κ2) is 49.6. The molecule has 8 heterocycles.